The topological polar surface area (TPSA) is 51.9 Å². The molecular formula is C15H17NO4U. The molecule has 0 saturated carbocycles. The zero-order valence-corrected chi connectivity index (χ0v) is 16.3. The van der Waals surface area contributed by atoms with Gasteiger partial charge in [0.2, 0.25) is 0 Å². The van der Waals surface area contributed by atoms with Gasteiger partial charge in [0.1, 0.15) is 5.75 Å². The number of amides is 1. The first-order chi connectivity index (χ1) is 9.65. The smallest absolute Gasteiger partial charge is 0.496 e. The van der Waals surface area contributed by atoms with E-state index in [1.54, 1.807) is 32.4 Å². The van der Waals surface area contributed by atoms with Crippen molar-refractivity contribution in [2.24, 2.45) is 0 Å². The maximum Gasteiger partial charge on any atom is 2.00 e. The van der Waals surface area contributed by atoms with E-state index in [0.29, 0.717) is 35.6 Å². The summed E-state index contributed by atoms with van der Waals surface area (Å²) >= 11 is 0. The van der Waals surface area contributed by atoms with Gasteiger partial charge in [0, 0.05) is 6.07 Å². The van der Waals surface area contributed by atoms with Crippen molar-refractivity contribution in [3.8, 4) is 11.5 Å². The SMILES string of the molecule is [CH2-]CN(C[CH2-])C(=O)c1cc2c(OC)ccc(OC)c2o1.[U+2]. The maximum atomic E-state index is 12.2. The van der Waals surface area contributed by atoms with Crippen molar-refractivity contribution in [1.82, 2.24) is 4.90 Å². The molecule has 2 aromatic rings. The van der Waals surface area contributed by atoms with Gasteiger partial charge in [0.05, 0.1) is 19.6 Å². The van der Waals surface area contributed by atoms with Gasteiger partial charge in [0.15, 0.2) is 17.1 Å². The number of carbonyl (C=O) groups excluding carboxylic acids is 1. The number of ether oxygens (including phenoxy) is 2. The third-order valence-corrected chi connectivity index (χ3v) is 3.09. The van der Waals surface area contributed by atoms with E-state index in [1.165, 1.54) is 4.90 Å². The Hall–Kier alpha value is -1.12. The fourth-order valence-electron chi connectivity index (χ4n) is 1.99. The Labute approximate surface area is 147 Å². The number of carbonyl (C=O) groups is 1. The van der Waals surface area contributed by atoms with Crippen LogP contribution in [0.2, 0.25) is 0 Å². The van der Waals surface area contributed by atoms with Crippen LogP contribution in [-0.2, 0) is 0 Å². The van der Waals surface area contributed by atoms with Gasteiger partial charge in [-0.15, -0.1) is 13.1 Å². The first kappa shape index (κ1) is 17.9. The van der Waals surface area contributed by atoms with Crippen LogP contribution < -0.4 is 9.47 Å². The molecule has 1 amide bonds. The van der Waals surface area contributed by atoms with Gasteiger partial charge < -0.3 is 32.6 Å². The van der Waals surface area contributed by atoms with E-state index in [9.17, 15) is 4.79 Å². The molecule has 110 valence electrons. The first-order valence-electron chi connectivity index (χ1n) is 6.18. The molecule has 0 unspecified atom stereocenters. The molecule has 0 aliphatic carbocycles. The molecule has 0 saturated heterocycles. The number of rotatable bonds is 5. The van der Waals surface area contributed by atoms with Crippen LogP contribution in [0.5, 0.6) is 11.5 Å². The van der Waals surface area contributed by atoms with Crippen molar-refractivity contribution < 1.29 is 49.8 Å². The Balaban J connectivity index is 0.00000220. The van der Waals surface area contributed by atoms with Crippen LogP contribution >= 0.6 is 0 Å². The predicted molar refractivity (Wildman–Crippen MR) is 75.9 cm³/mol. The van der Waals surface area contributed by atoms with Gasteiger partial charge in [-0.05, 0) is 12.1 Å². The molecule has 0 radical (unpaired) electrons. The van der Waals surface area contributed by atoms with Gasteiger partial charge >= 0.3 is 31.1 Å². The van der Waals surface area contributed by atoms with Gasteiger partial charge in [-0.2, -0.15) is 0 Å². The summed E-state index contributed by atoms with van der Waals surface area (Å²) in [5.74, 6) is 1.14. The first-order valence-corrected chi connectivity index (χ1v) is 6.18. The molecule has 0 aliphatic heterocycles. The zero-order valence-electron chi connectivity index (χ0n) is 12.1. The van der Waals surface area contributed by atoms with Crippen LogP contribution in [0.15, 0.2) is 22.6 Å². The Bertz CT molecular complexity index is 578. The Morgan fingerprint density at radius 1 is 1.19 bits per heavy atom. The van der Waals surface area contributed by atoms with Crippen LogP contribution in [0.1, 0.15) is 10.6 Å². The van der Waals surface area contributed by atoms with E-state index < -0.39 is 0 Å². The summed E-state index contributed by atoms with van der Waals surface area (Å²) in [6.07, 6.45) is 0. The fraction of sp³-hybridized carbons (Fsp3) is 0.267. The molecule has 0 fully saturated rings. The van der Waals surface area contributed by atoms with Crippen molar-refractivity contribution >= 4 is 16.9 Å². The summed E-state index contributed by atoms with van der Waals surface area (Å²) in [5, 5.41) is 0.697. The molecule has 0 N–H and O–H groups in total. The number of nitrogens with zero attached hydrogens (tertiary/aromatic N) is 1. The molecule has 0 spiro atoms. The van der Waals surface area contributed by atoms with Crippen molar-refractivity contribution in [2.45, 2.75) is 0 Å². The Morgan fingerprint density at radius 3 is 2.29 bits per heavy atom. The van der Waals surface area contributed by atoms with E-state index in [2.05, 4.69) is 13.8 Å². The molecule has 5 nitrogen and oxygen atoms in total. The second-order valence-electron chi connectivity index (χ2n) is 4.12. The summed E-state index contributed by atoms with van der Waals surface area (Å²) in [5.41, 5.74) is 0.489. The molecule has 0 bridgehead atoms. The van der Waals surface area contributed by atoms with Crippen molar-refractivity contribution in [2.75, 3.05) is 27.3 Å². The Kier molecular flexibility index (Phi) is 6.63. The standard InChI is InChI=1S/C15H17NO4.U/c1-5-16(6-2)15(17)13-9-10-11(18-3)7-8-12(19-4)14(10)20-13;/h7-9H,1-2,5-6H2,3-4H3;/q-2;+2. The van der Waals surface area contributed by atoms with Gasteiger partial charge in [0.25, 0.3) is 5.91 Å². The molecular weight excluding hydrogens is 496 g/mol. The number of benzene rings is 1. The fourth-order valence-corrected chi connectivity index (χ4v) is 1.99. The zero-order chi connectivity index (χ0) is 14.7. The van der Waals surface area contributed by atoms with Gasteiger partial charge in [-0.1, -0.05) is 0 Å². The number of furan rings is 1. The molecule has 1 aromatic carbocycles. The van der Waals surface area contributed by atoms with Gasteiger partial charge in [-0.3, -0.25) is 4.79 Å². The summed E-state index contributed by atoms with van der Waals surface area (Å²) in [6.45, 7) is 8.05. The van der Waals surface area contributed by atoms with Crippen molar-refractivity contribution in [3.63, 3.8) is 0 Å². The molecule has 0 aliphatic rings. The second kappa shape index (κ2) is 7.77. The minimum atomic E-state index is -0.254. The number of fused-ring (bicyclic) bond motifs is 1. The van der Waals surface area contributed by atoms with Crippen LogP contribution in [0, 0.1) is 45.0 Å². The number of hydrogen-bond acceptors (Lipinski definition) is 4. The van der Waals surface area contributed by atoms with E-state index >= 15 is 0 Å². The molecule has 1 heterocycles. The van der Waals surface area contributed by atoms with Crippen LogP contribution in [-0.4, -0.2) is 38.1 Å². The van der Waals surface area contributed by atoms with Crippen LogP contribution in [0.3, 0.4) is 0 Å². The Morgan fingerprint density at radius 2 is 1.76 bits per heavy atom. The minimum absolute atomic E-state index is 0. The largest absolute Gasteiger partial charge is 2.00 e. The van der Waals surface area contributed by atoms with Gasteiger partial charge in [-0.25, -0.2) is 0 Å². The molecule has 0 atom stereocenters. The third kappa shape index (κ3) is 3.38. The summed E-state index contributed by atoms with van der Waals surface area (Å²) < 4.78 is 16.1. The third-order valence-electron chi connectivity index (χ3n) is 3.09. The molecule has 1 aromatic heterocycles. The molecule has 2 rings (SSSR count). The van der Waals surface area contributed by atoms with E-state index in [1.807, 2.05) is 0 Å². The minimum Gasteiger partial charge on any atom is -0.496 e. The van der Waals surface area contributed by atoms with E-state index in [0.717, 1.165) is 0 Å². The van der Waals surface area contributed by atoms with Crippen molar-refractivity contribution in [3.05, 3.63) is 37.8 Å². The number of hydrogen-bond donors (Lipinski definition) is 0. The second-order valence-corrected chi connectivity index (χ2v) is 4.12. The predicted octanol–water partition coefficient (Wildman–Crippen LogP) is 2.56. The summed E-state index contributed by atoms with van der Waals surface area (Å²) in [4.78, 5) is 13.7. The summed E-state index contributed by atoms with van der Waals surface area (Å²) in [7, 11) is 3.11. The monoisotopic (exact) mass is 513 g/mol. The number of methoxy groups -OCH3 is 2. The van der Waals surface area contributed by atoms with E-state index in [-0.39, 0.29) is 42.8 Å². The summed E-state index contributed by atoms with van der Waals surface area (Å²) in [6, 6.07) is 5.16. The van der Waals surface area contributed by atoms with Crippen LogP contribution in [0.4, 0.5) is 0 Å². The average Bonchev–Trinajstić information content (AvgIpc) is 2.92. The molecule has 21 heavy (non-hydrogen) atoms. The quantitative estimate of drug-likeness (QED) is 0.578. The molecule has 6 heteroatoms. The average molecular weight is 513 g/mol. The van der Waals surface area contributed by atoms with E-state index in [4.69, 9.17) is 13.9 Å². The van der Waals surface area contributed by atoms with Crippen LogP contribution in [0.25, 0.3) is 11.0 Å². The van der Waals surface area contributed by atoms with Crippen molar-refractivity contribution in [1.29, 1.82) is 0 Å². The maximum absolute atomic E-state index is 12.2. The normalized spacial score (nSPS) is 10.1.